The lowest BCUT2D eigenvalue weighted by Crippen LogP contribution is -2.24. The summed E-state index contributed by atoms with van der Waals surface area (Å²) in [7, 11) is 0. The maximum atomic E-state index is 6.16. The number of unbranched alkanes of at least 4 members (excludes halogenated alkanes) is 24. The molecule has 0 saturated heterocycles. The van der Waals surface area contributed by atoms with Gasteiger partial charge in [0.05, 0.1) is 0 Å². The highest BCUT2D eigenvalue weighted by atomic mass is 16.5. The number of rotatable bonds is 36. The monoisotopic (exact) mass is 581 g/mol. The van der Waals surface area contributed by atoms with Crippen LogP contribution in [0.25, 0.3) is 0 Å². The van der Waals surface area contributed by atoms with Crippen molar-refractivity contribution >= 4 is 0 Å². The molecule has 0 radical (unpaired) electrons. The zero-order chi connectivity index (χ0) is 29.9. The van der Waals surface area contributed by atoms with Crippen molar-refractivity contribution in [1.82, 2.24) is 0 Å². The van der Waals surface area contributed by atoms with Gasteiger partial charge < -0.3 is 16.2 Å². The van der Waals surface area contributed by atoms with Gasteiger partial charge in [0.15, 0.2) is 0 Å². The van der Waals surface area contributed by atoms with Crippen LogP contribution in [0.1, 0.15) is 213 Å². The van der Waals surface area contributed by atoms with Gasteiger partial charge in [0, 0.05) is 19.3 Å². The topological polar surface area (TPSA) is 61.3 Å². The van der Waals surface area contributed by atoms with Gasteiger partial charge in [-0.25, -0.2) is 0 Å². The minimum Gasteiger partial charge on any atom is -0.381 e. The van der Waals surface area contributed by atoms with Gasteiger partial charge in [0.25, 0.3) is 0 Å². The summed E-state index contributed by atoms with van der Waals surface area (Å²) in [5.41, 5.74) is 11.7. The molecule has 3 heteroatoms. The first-order valence-electron chi connectivity index (χ1n) is 19.3. The van der Waals surface area contributed by atoms with E-state index in [0.717, 1.165) is 38.4 Å². The van der Waals surface area contributed by atoms with E-state index >= 15 is 0 Å². The molecule has 0 heterocycles. The molecule has 41 heavy (non-hydrogen) atoms. The molecule has 0 aromatic rings. The summed E-state index contributed by atoms with van der Waals surface area (Å²) >= 11 is 0. The second kappa shape index (κ2) is 36.1. The molecule has 2 atom stereocenters. The Bertz CT molecular complexity index is 458. The summed E-state index contributed by atoms with van der Waals surface area (Å²) in [5.74, 6) is 0.758. The average Bonchev–Trinajstić information content (AvgIpc) is 2.97. The van der Waals surface area contributed by atoms with Crippen molar-refractivity contribution in [2.75, 3.05) is 19.8 Å². The summed E-state index contributed by atoms with van der Waals surface area (Å²) < 4.78 is 6.16. The fourth-order valence-electron chi connectivity index (χ4n) is 6.27. The van der Waals surface area contributed by atoms with E-state index in [0.29, 0.717) is 6.54 Å². The Labute approximate surface area is 260 Å². The van der Waals surface area contributed by atoms with E-state index in [2.05, 4.69) is 13.8 Å². The molecule has 3 nitrogen and oxygen atoms in total. The summed E-state index contributed by atoms with van der Waals surface area (Å²) in [6.45, 7) is 7.13. The SMILES string of the molecule is CCCCCCCCCCCCCCCCC(CCCCCCCCCCCCCC)COCCCC(N)CCN. The van der Waals surface area contributed by atoms with E-state index in [-0.39, 0.29) is 6.04 Å². The van der Waals surface area contributed by atoms with Crippen LogP contribution in [0.2, 0.25) is 0 Å². The van der Waals surface area contributed by atoms with Crippen molar-refractivity contribution in [2.45, 2.75) is 219 Å². The Kier molecular flexibility index (Phi) is 36.0. The Morgan fingerprint density at radius 1 is 0.415 bits per heavy atom. The first-order valence-corrected chi connectivity index (χ1v) is 19.3. The highest BCUT2D eigenvalue weighted by molar-refractivity contribution is 4.63. The van der Waals surface area contributed by atoms with Crippen molar-refractivity contribution in [3.8, 4) is 0 Å². The molecule has 0 spiro atoms. The molecule has 4 N–H and O–H groups in total. The highest BCUT2D eigenvalue weighted by Crippen LogP contribution is 2.21. The van der Waals surface area contributed by atoms with E-state index < -0.39 is 0 Å². The zero-order valence-electron chi connectivity index (χ0n) is 28.8. The van der Waals surface area contributed by atoms with Gasteiger partial charge in [-0.15, -0.1) is 0 Å². The molecule has 0 rings (SSSR count). The lowest BCUT2D eigenvalue weighted by atomic mass is 9.94. The van der Waals surface area contributed by atoms with E-state index in [4.69, 9.17) is 16.2 Å². The number of hydrogen-bond donors (Lipinski definition) is 2. The Morgan fingerprint density at radius 2 is 0.756 bits per heavy atom. The van der Waals surface area contributed by atoms with E-state index in [1.807, 2.05) is 0 Å². The minimum atomic E-state index is 0.246. The van der Waals surface area contributed by atoms with Crippen LogP contribution in [0.3, 0.4) is 0 Å². The summed E-state index contributed by atoms with van der Waals surface area (Å²) in [6, 6.07) is 0.246. The predicted octanol–water partition coefficient (Wildman–Crippen LogP) is 12.0. The van der Waals surface area contributed by atoms with Crippen molar-refractivity contribution in [3.05, 3.63) is 0 Å². The molecule has 0 aliphatic heterocycles. The van der Waals surface area contributed by atoms with Gasteiger partial charge in [-0.3, -0.25) is 0 Å². The number of hydrogen-bond acceptors (Lipinski definition) is 3. The Hall–Kier alpha value is -0.120. The smallest absolute Gasteiger partial charge is 0.0494 e. The van der Waals surface area contributed by atoms with Crippen LogP contribution >= 0.6 is 0 Å². The van der Waals surface area contributed by atoms with Crippen LogP contribution in [-0.2, 0) is 4.74 Å². The second-order valence-electron chi connectivity index (χ2n) is 13.5. The molecule has 0 aromatic carbocycles. The van der Waals surface area contributed by atoms with Crippen molar-refractivity contribution in [2.24, 2.45) is 17.4 Å². The number of ether oxygens (including phenoxy) is 1. The van der Waals surface area contributed by atoms with Gasteiger partial charge >= 0.3 is 0 Å². The molecule has 0 saturated carbocycles. The molecular formula is C38H80N2O. The summed E-state index contributed by atoms with van der Waals surface area (Å²) in [6.07, 6.45) is 43.1. The quantitative estimate of drug-likeness (QED) is 0.0724. The van der Waals surface area contributed by atoms with Gasteiger partial charge in [0.1, 0.15) is 0 Å². The standard InChI is InChI=1S/C38H80N2O/c1-3-5-7-9-11-13-15-17-18-20-22-24-26-28-31-37(36-41-35-29-32-38(40)33-34-39)30-27-25-23-21-19-16-14-12-10-8-6-4-2/h37-38H,3-36,39-40H2,1-2H3. The minimum absolute atomic E-state index is 0.246. The highest BCUT2D eigenvalue weighted by Gasteiger charge is 2.10. The lowest BCUT2D eigenvalue weighted by molar-refractivity contribution is 0.0872. The molecule has 2 unspecified atom stereocenters. The van der Waals surface area contributed by atoms with E-state index in [1.54, 1.807) is 0 Å². The van der Waals surface area contributed by atoms with Crippen LogP contribution in [0, 0.1) is 5.92 Å². The van der Waals surface area contributed by atoms with Crippen LogP contribution < -0.4 is 11.5 Å². The predicted molar refractivity (Wildman–Crippen MR) is 186 cm³/mol. The third kappa shape index (κ3) is 34.2. The van der Waals surface area contributed by atoms with Gasteiger partial charge in [-0.2, -0.15) is 0 Å². The Balaban J connectivity index is 3.87. The molecule has 0 aliphatic rings. The van der Waals surface area contributed by atoms with Crippen molar-refractivity contribution in [1.29, 1.82) is 0 Å². The van der Waals surface area contributed by atoms with Crippen LogP contribution in [-0.4, -0.2) is 25.8 Å². The fourth-order valence-corrected chi connectivity index (χ4v) is 6.27. The third-order valence-electron chi connectivity index (χ3n) is 9.19. The lowest BCUT2D eigenvalue weighted by Gasteiger charge is -2.18. The van der Waals surface area contributed by atoms with Crippen molar-refractivity contribution < 1.29 is 4.74 Å². The Morgan fingerprint density at radius 3 is 1.10 bits per heavy atom. The van der Waals surface area contributed by atoms with Crippen LogP contribution in [0.15, 0.2) is 0 Å². The maximum absolute atomic E-state index is 6.16. The molecule has 0 aromatic heterocycles. The normalized spacial score (nSPS) is 13.2. The third-order valence-corrected chi connectivity index (χ3v) is 9.19. The summed E-state index contributed by atoms with van der Waals surface area (Å²) in [4.78, 5) is 0. The van der Waals surface area contributed by atoms with Crippen molar-refractivity contribution in [3.63, 3.8) is 0 Å². The molecule has 0 aliphatic carbocycles. The molecule has 0 amide bonds. The average molecular weight is 581 g/mol. The molecule has 248 valence electrons. The largest absolute Gasteiger partial charge is 0.381 e. The van der Waals surface area contributed by atoms with Gasteiger partial charge in [-0.1, -0.05) is 181 Å². The maximum Gasteiger partial charge on any atom is 0.0494 e. The van der Waals surface area contributed by atoms with E-state index in [1.165, 1.54) is 180 Å². The second-order valence-corrected chi connectivity index (χ2v) is 13.5. The number of nitrogens with two attached hydrogens (primary N) is 2. The van der Waals surface area contributed by atoms with Gasteiger partial charge in [-0.05, 0) is 44.6 Å². The fraction of sp³-hybridized carbons (Fsp3) is 1.00. The van der Waals surface area contributed by atoms with Gasteiger partial charge in [0.2, 0.25) is 0 Å². The van der Waals surface area contributed by atoms with Crippen LogP contribution in [0.4, 0.5) is 0 Å². The zero-order valence-corrected chi connectivity index (χ0v) is 28.8. The van der Waals surface area contributed by atoms with E-state index in [9.17, 15) is 0 Å². The summed E-state index contributed by atoms with van der Waals surface area (Å²) in [5, 5.41) is 0. The molecule has 0 bridgehead atoms. The van der Waals surface area contributed by atoms with Crippen LogP contribution in [0.5, 0.6) is 0 Å². The molecular weight excluding hydrogens is 500 g/mol. The first kappa shape index (κ1) is 40.9. The molecule has 0 fully saturated rings. The first-order chi connectivity index (χ1) is 20.2.